The average molecular weight is 415 g/mol. The second-order valence-electron chi connectivity index (χ2n) is 5.81. The van der Waals surface area contributed by atoms with Crippen LogP contribution >= 0.6 is 24.0 Å². The minimum absolute atomic E-state index is 0.209. The first-order valence-electron chi connectivity index (χ1n) is 8.30. The molecule has 3 rings (SSSR count). The van der Waals surface area contributed by atoms with Gasteiger partial charge in [0.2, 0.25) is 0 Å². The zero-order valence-electron chi connectivity index (χ0n) is 15.0. The summed E-state index contributed by atoms with van der Waals surface area (Å²) in [6.45, 7) is -0.111. The molecule has 2 aromatic rings. The molecule has 1 aliphatic rings. The molecular weight excluding hydrogens is 398 g/mol. The first-order chi connectivity index (χ1) is 13.5. The average Bonchev–Trinajstić information content (AvgIpc) is 2.95. The van der Waals surface area contributed by atoms with Crippen LogP contribution in [0.1, 0.15) is 11.1 Å². The predicted octanol–water partition coefficient (Wildman–Crippen LogP) is 3.56. The highest BCUT2D eigenvalue weighted by atomic mass is 32.2. The number of hydrogen-bond donors (Lipinski definition) is 1. The van der Waals surface area contributed by atoms with Crippen molar-refractivity contribution < 1.29 is 24.2 Å². The van der Waals surface area contributed by atoms with Gasteiger partial charge in [-0.25, -0.2) is 0 Å². The molecule has 8 heteroatoms. The lowest BCUT2D eigenvalue weighted by Crippen LogP contribution is -2.33. The molecule has 0 unspecified atom stereocenters. The second kappa shape index (κ2) is 8.90. The molecule has 1 N–H and O–H groups in total. The highest BCUT2D eigenvalue weighted by Crippen LogP contribution is 2.37. The highest BCUT2D eigenvalue weighted by Gasteiger charge is 2.33. The number of carboxylic acids is 1. The maximum atomic E-state index is 12.6. The van der Waals surface area contributed by atoms with Gasteiger partial charge in [-0.2, -0.15) is 0 Å². The third-order valence-electron chi connectivity index (χ3n) is 3.93. The molecule has 0 radical (unpaired) electrons. The Morgan fingerprint density at radius 3 is 2.57 bits per heavy atom. The van der Waals surface area contributed by atoms with Crippen molar-refractivity contribution in [1.82, 2.24) is 4.90 Å². The van der Waals surface area contributed by atoms with Crippen molar-refractivity contribution in [1.29, 1.82) is 0 Å². The van der Waals surface area contributed by atoms with E-state index in [2.05, 4.69) is 0 Å². The Balaban J connectivity index is 1.90. The quantitative estimate of drug-likeness (QED) is 0.547. The number of carbonyl (C=O) groups excluding carboxylic acids is 1. The van der Waals surface area contributed by atoms with E-state index in [1.807, 2.05) is 30.3 Å². The first kappa shape index (κ1) is 19.9. The topological polar surface area (TPSA) is 76.1 Å². The fourth-order valence-corrected chi connectivity index (χ4v) is 3.84. The summed E-state index contributed by atoms with van der Waals surface area (Å²) in [4.78, 5) is 24.9. The van der Waals surface area contributed by atoms with E-state index in [-0.39, 0.29) is 4.32 Å². The van der Waals surface area contributed by atoms with Gasteiger partial charge >= 0.3 is 5.97 Å². The van der Waals surface area contributed by atoms with E-state index in [1.54, 1.807) is 24.3 Å². The molecule has 28 heavy (non-hydrogen) atoms. The van der Waals surface area contributed by atoms with Gasteiger partial charge in [0.25, 0.3) is 5.91 Å². The Morgan fingerprint density at radius 1 is 1.18 bits per heavy atom. The van der Waals surface area contributed by atoms with Crippen LogP contribution in [0.3, 0.4) is 0 Å². The highest BCUT2D eigenvalue weighted by molar-refractivity contribution is 8.26. The molecule has 144 valence electrons. The van der Waals surface area contributed by atoms with Crippen LogP contribution in [-0.2, 0) is 16.2 Å². The number of carbonyl (C=O) groups is 2. The largest absolute Gasteiger partial charge is 0.496 e. The molecular formula is C20H17NO5S2. The van der Waals surface area contributed by atoms with Gasteiger partial charge in [0.15, 0.2) is 0 Å². The molecule has 1 heterocycles. The van der Waals surface area contributed by atoms with Crippen molar-refractivity contribution in [2.45, 2.75) is 6.61 Å². The van der Waals surface area contributed by atoms with E-state index in [4.69, 9.17) is 26.8 Å². The van der Waals surface area contributed by atoms with Gasteiger partial charge in [0, 0.05) is 0 Å². The van der Waals surface area contributed by atoms with E-state index in [0.29, 0.717) is 28.6 Å². The molecule has 1 amide bonds. The third kappa shape index (κ3) is 4.52. The van der Waals surface area contributed by atoms with Gasteiger partial charge in [0.1, 0.15) is 29.0 Å². The Hall–Kier alpha value is -2.84. The van der Waals surface area contributed by atoms with Gasteiger partial charge in [-0.3, -0.25) is 14.5 Å². The fraction of sp³-hybridized carbons (Fsp3) is 0.150. The number of thioether (sulfide) groups is 1. The lowest BCUT2D eigenvalue weighted by molar-refractivity contribution is -0.140. The van der Waals surface area contributed by atoms with Crippen LogP contribution in [0.2, 0.25) is 0 Å². The van der Waals surface area contributed by atoms with Crippen LogP contribution in [0.15, 0.2) is 53.4 Å². The molecule has 6 nitrogen and oxygen atoms in total. The van der Waals surface area contributed by atoms with Gasteiger partial charge in [0.05, 0.1) is 17.6 Å². The van der Waals surface area contributed by atoms with Crippen molar-refractivity contribution >= 4 is 46.3 Å². The normalized spacial score (nSPS) is 15.2. The fourth-order valence-electron chi connectivity index (χ4n) is 2.61. The van der Waals surface area contributed by atoms with Crippen molar-refractivity contribution in [2.75, 3.05) is 13.7 Å². The molecule has 2 aromatic carbocycles. The number of aliphatic carboxylic acids is 1. The lowest BCUT2D eigenvalue weighted by Gasteiger charge is -2.13. The van der Waals surface area contributed by atoms with Crippen LogP contribution in [0.25, 0.3) is 6.08 Å². The van der Waals surface area contributed by atoms with Crippen LogP contribution < -0.4 is 9.47 Å². The Kier molecular flexibility index (Phi) is 6.33. The molecule has 1 aliphatic heterocycles. The third-order valence-corrected chi connectivity index (χ3v) is 5.30. The Morgan fingerprint density at radius 2 is 1.89 bits per heavy atom. The maximum Gasteiger partial charge on any atom is 0.323 e. The number of amides is 1. The minimum Gasteiger partial charge on any atom is -0.496 e. The summed E-state index contributed by atoms with van der Waals surface area (Å²) in [5.74, 6) is -0.486. The maximum absolute atomic E-state index is 12.6. The minimum atomic E-state index is -1.12. The predicted molar refractivity (Wildman–Crippen MR) is 111 cm³/mol. The number of carboxylic acid groups (broad SMARTS) is 1. The van der Waals surface area contributed by atoms with Crippen LogP contribution in [0.4, 0.5) is 0 Å². The number of rotatable bonds is 7. The van der Waals surface area contributed by atoms with Gasteiger partial charge in [-0.15, -0.1) is 0 Å². The summed E-state index contributed by atoms with van der Waals surface area (Å²) in [5.41, 5.74) is 1.60. The summed E-state index contributed by atoms with van der Waals surface area (Å²) in [6, 6.07) is 15.0. The summed E-state index contributed by atoms with van der Waals surface area (Å²) >= 11 is 6.20. The summed E-state index contributed by atoms with van der Waals surface area (Å²) in [5, 5.41) is 8.97. The Labute approximate surface area is 171 Å². The summed E-state index contributed by atoms with van der Waals surface area (Å²) in [7, 11) is 1.53. The zero-order valence-corrected chi connectivity index (χ0v) is 16.6. The standard InChI is InChI=1S/C20H17NO5S2/c1-25-15-8-5-9-16(26-12-13-6-3-2-4-7-13)14(15)10-17-19(24)21(11-18(22)23)20(27)28-17/h2-10H,11-12H2,1H3,(H,22,23). The number of hydrogen-bond acceptors (Lipinski definition) is 6. The zero-order chi connectivity index (χ0) is 20.1. The van der Waals surface area contributed by atoms with Crippen LogP contribution in [0.5, 0.6) is 11.5 Å². The van der Waals surface area contributed by atoms with Gasteiger partial charge in [-0.05, 0) is 23.8 Å². The molecule has 0 saturated carbocycles. The van der Waals surface area contributed by atoms with Crippen molar-refractivity contribution in [3.8, 4) is 11.5 Å². The van der Waals surface area contributed by atoms with Crippen molar-refractivity contribution in [2.24, 2.45) is 0 Å². The van der Waals surface area contributed by atoms with Crippen LogP contribution in [0, 0.1) is 0 Å². The van der Waals surface area contributed by atoms with Crippen molar-refractivity contribution in [3.63, 3.8) is 0 Å². The number of nitrogens with zero attached hydrogens (tertiary/aromatic N) is 1. The molecule has 0 atom stereocenters. The number of thiocarbonyl (C=S) groups is 1. The smallest absolute Gasteiger partial charge is 0.323 e. The second-order valence-corrected chi connectivity index (χ2v) is 7.48. The van der Waals surface area contributed by atoms with E-state index in [0.717, 1.165) is 22.2 Å². The van der Waals surface area contributed by atoms with Crippen molar-refractivity contribution in [3.05, 3.63) is 64.6 Å². The van der Waals surface area contributed by atoms with E-state index < -0.39 is 18.4 Å². The molecule has 1 fully saturated rings. The monoisotopic (exact) mass is 415 g/mol. The molecule has 0 bridgehead atoms. The molecule has 0 aromatic heterocycles. The molecule has 0 spiro atoms. The number of methoxy groups -OCH3 is 1. The SMILES string of the molecule is COc1cccc(OCc2ccccc2)c1C=C1SC(=S)N(CC(=O)O)C1=O. The van der Waals surface area contributed by atoms with Gasteiger partial charge in [-0.1, -0.05) is 60.4 Å². The van der Waals surface area contributed by atoms with E-state index in [1.165, 1.54) is 7.11 Å². The van der Waals surface area contributed by atoms with Gasteiger partial charge < -0.3 is 14.6 Å². The first-order valence-corrected chi connectivity index (χ1v) is 9.53. The lowest BCUT2D eigenvalue weighted by atomic mass is 10.1. The van der Waals surface area contributed by atoms with Crippen LogP contribution in [-0.4, -0.2) is 39.9 Å². The summed E-state index contributed by atoms with van der Waals surface area (Å²) in [6.07, 6.45) is 1.63. The van der Waals surface area contributed by atoms with E-state index >= 15 is 0 Å². The summed E-state index contributed by atoms with van der Waals surface area (Å²) < 4.78 is 11.6. The number of ether oxygens (including phenoxy) is 2. The Bertz CT molecular complexity index is 943. The number of benzene rings is 2. The van der Waals surface area contributed by atoms with E-state index in [9.17, 15) is 9.59 Å². The molecule has 1 saturated heterocycles. The molecule has 0 aliphatic carbocycles.